The maximum absolute atomic E-state index is 6.00. The smallest absolute Gasteiger partial charge is 0.231 e. The summed E-state index contributed by atoms with van der Waals surface area (Å²) in [6.07, 6.45) is 4.37. The molecular weight excluding hydrogens is 190 g/mol. The standard InChI is InChI=1S/C11H19N3O/c1-3-7(2)10-13-11(15-14-10)8-5-4-6-9(8)12/h7-9H,3-6,12H2,1-2H3. The third kappa shape index (κ3) is 2.04. The Labute approximate surface area is 90.2 Å². The van der Waals surface area contributed by atoms with Crippen LogP contribution in [0.1, 0.15) is 63.1 Å². The minimum atomic E-state index is 0.204. The Bertz CT molecular complexity index is 323. The topological polar surface area (TPSA) is 64.9 Å². The van der Waals surface area contributed by atoms with Gasteiger partial charge < -0.3 is 10.3 Å². The summed E-state index contributed by atoms with van der Waals surface area (Å²) in [4.78, 5) is 4.46. The zero-order chi connectivity index (χ0) is 10.8. The summed E-state index contributed by atoms with van der Waals surface area (Å²) in [5.74, 6) is 2.23. The van der Waals surface area contributed by atoms with Crippen molar-refractivity contribution in [1.82, 2.24) is 10.1 Å². The molecular formula is C11H19N3O. The molecule has 4 nitrogen and oxygen atoms in total. The first-order valence-electron chi connectivity index (χ1n) is 5.81. The molecule has 3 unspecified atom stereocenters. The van der Waals surface area contributed by atoms with Crippen LogP contribution in [0.25, 0.3) is 0 Å². The molecule has 1 saturated carbocycles. The lowest BCUT2D eigenvalue weighted by atomic mass is 10.0. The molecule has 0 spiro atoms. The van der Waals surface area contributed by atoms with Gasteiger partial charge in [0.25, 0.3) is 0 Å². The van der Waals surface area contributed by atoms with Gasteiger partial charge in [0.1, 0.15) is 0 Å². The molecule has 2 rings (SSSR count). The highest BCUT2D eigenvalue weighted by Crippen LogP contribution is 2.32. The van der Waals surface area contributed by atoms with Crippen molar-refractivity contribution in [3.8, 4) is 0 Å². The number of nitrogens with zero attached hydrogens (tertiary/aromatic N) is 2. The third-order valence-corrected chi connectivity index (χ3v) is 3.40. The first-order chi connectivity index (χ1) is 7.22. The van der Waals surface area contributed by atoms with E-state index in [0.717, 1.165) is 31.0 Å². The molecule has 0 aromatic carbocycles. The Balaban J connectivity index is 2.12. The molecule has 15 heavy (non-hydrogen) atoms. The maximum Gasteiger partial charge on any atom is 0.231 e. The first kappa shape index (κ1) is 10.6. The molecule has 3 atom stereocenters. The molecule has 0 radical (unpaired) electrons. The minimum absolute atomic E-state index is 0.204. The van der Waals surface area contributed by atoms with Crippen molar-refractivity contribution in [2.75, 3.05) is 0 Å². The number of aromatic nitrogens is 2. The molecule has 2 N–H and O–H groups in total. The van der Waals surface area contributed by atoms with Crippen LogP contribution in [0.2, 0.25) is 0 Å². The Morgan fingerprint density at radius 2 is 2.33 bits per heavy atom. The van der Waals surface area contributed by atoms with Crippen molar-refractivity contribution in [3.05, 3.63) is 11.7 Å². The summed E-state index contributed by atoms with van der Waals surface area (Å²) < 4.78 is 5.30. The van der Waals surface area contributed by atoms with Crippen molar-refractivity contribution in [2.45, 2.75) is 57.4 Å². The second-order valence-electron chi connectivity index (χ2n) is 4.50. The lowest BCUT2D eigenvalue weighted by Gasteiger charge is -2.09. The van der Waals surface area contributed by atoms with Crippen LogP contribution >= 0.6 is 0 Å². The highest BCUT2D eigenvalue weighted by Gasteiger charge is 2.30. The van der Waals surface area contributed by atoms with Crippen LogP contribution in [-0.2, 0) is 0 Å². The van der Waals surface area contributed by atoms with E-state index in [-0.39, 0.29) is 12.0 Å². The molecule has 1 aromatic rings. The molecule has 1 fully saturated rings. The first-order valence-corrected chi connectivity index (χ1v) is 5.81. The van der Waals surface area contributed by atoms with Gasteiger partial charge in [0.2, 0.25) is 5.89 Å². The summed E-state index contributed by atoms with van der Waals surface area (Å²) in [5.41, 5.74) is 6.00. The van der Waals surface area contributed by atoms with E-state index in [1.807, 2.05) is 0 Å². The van der Waals surface area contributed by atoms with Crippen LogP contribution in [0, 0.1) is 0 Å². The van der Waals surface area contributed by atoms with Crippen LogP contribution in [0.5, 0.6) is 0 Å². The highest BCUT2D eigenvalue weighted by atomic mass is 16.5. The van der Waals surface area contributed by atoms with Gasteiger partial charge in [0.15, 0.2) is 5.82 Å². The molecule has 1 aliphatic rings. The number of hydrogen-bond donors (Lipinski definition) is 1. The molecule has 1 aliphatic carbocycles. The molecule has 0 amide bonds. The zero-order valence-electron chi connectivity index (χ0n) is 9.44. The van der Waals surface area contributed by atoms with Gasteiger partial charge in [-0.3, -0.25) is 0 Å². The van der Waals surface area contributed by atoms with Crippen molar-refractivity contribution in [2.24, 2.45) is 5.73 Å². The second-order valence-corrected chi connectivity index (χ2v) is 4.50. The molecule has 0 aliphatic heterocycles. The summed E-state index contributed by atoms with van der Waals surface area (Å²) in [6.45, 7) is 4.24. The normalized spacial score (nSPS) is 28.2. The fraction of sp³-hybridized carbons (Fsp3) is 0.818. The van der Waals surface area contributed by atoms with Crippen LogP contribution in [0.3, 0.4) is 0 Å². The van der Waals surface area contributed by atoms with Crippen LogP contribution in [-0.4, -0.2) is 16.2 Å². The molecule has 84 valence electrons. The fourth-order valence-corrected chi connectivity index (χ4v) is 2.08. The average molecular weight is 209 g/mol. The molecule has 1 heterocycles. The third-order valence-electron chi connectivity index (χ3n) is 3.40. The van der Waals surface area contributed by atoms with Gasteiger partial charge in [0.05, 0.1) is 5.92 Å². The van der Waals surface area contributed by atoms with Gasteiger partial charge in [-0.15, -0.1) is 0 Å². The van der Waals surface area contributed by atoms with Gasteiger partial charge in [-0.1, -0.05) is 25.4 Å². The Hall–Kier alpha value is -0.900. The fourth-order valence-electron chi connectivity index (χ4n) is 2.08. The Morgan fingerprint density at radius 3 is 2.93 bits per heavy atom. The number of rotatable bonds is 3. The van der Waals surface area contributed by atoms with Crippen molar-refractivity contribution >= 4 is 0 Å². The Morgan fingerprint density at radius 1 is 1.53 bits per heavy atom. The van der Waals surface area contributed by atoms with E-state index in [1.54, 1.807) is 0 Å². The van der Waals surface area contributed by atoms with Gasteiger partial charge in [-0.05, 0) is 19.3 Å². The lowest BCUT2D eigenvalue weighted by molar-refractivity contribution is 0.339. The monoisotopic (exact) mass is 209 g/mol. The van der Waals surface area contributed by atoms with Gasteiger partial charge >= 0.3 is 0 Å². The summed E-state index contributed by atoms with van der Waals surface area (Å²) in [5, 5.41) is 4.02. The molecule has 0 saturated heterocycles. The molecule has 1 aromatic heterocycles. The number of hydrogen-bond acceptors (Lipinski definition) is 4. The van der Waals surface area contributed by atoms with E-state index in [0.29, 0.717) is 5.92 Å². The minimum Gasteiger partial charge on any atom is -0.339 e. The van der Waals surface area contributed by atoms with E-state index in [4.69, 9.17) is 10.3 Å². The van der Waals surface area contributed by atoms with Crippen molar-refractivity contribution < 1.29 is 4.52 Å². The lowest BCUT2D eigenvalue weighted by Crippen LogP contribution is -2.22. The van der Waals surface area contributed by atoms with Crippen LogP contribution in [0.4, 0.5) is 0 Å². The van der Waals surface area contributed by atoms with Crippen molar-refractivity contribution in [3.63, 3.8) is 0 Å². The highest BCUT2D eigenvalue weighted by molar-refractivity contribution is 5.03. The predicted molar refractivity (Wildman–Crippen MR) is 57.6 cm³/mol. The largest absolute Gasteiger partial charge is 0.339 e. The summed E-state index contributed by atoms with van der Waals surface area (Å²) >= 11 is 0. The van der Waals surface area contributed by atoms with E-state index in [2.05, 4.69) is 24.0 Å². The molecule has 0 bridgehead atoms. The van der Waals surface area contributed by atoms with Gasteiger partial charge in [-0.25, -0.2) is 0 Å². The van der Waals surface area contributed by atoms with Crippen LogP contribution in [0.15, 0.2) is 4.52 Å². The Kier molecular flexibility index (Phi) is 3.05. The van der Waals surface area contributed by atoms with Gasteiger partial charge in [-0.2, -0.15) is 4.98 Å². The van der Waals surface area contributed by atoms with E-state index >= 15 is 0 Å². The average Bonchev–Trinajstić information content (AvgIpc) is 2.84. The number of nitrogens with two attached hydrogens (primary N) is 1. The SMILES string of the molecule is CCC(C)c1noc(C2CCCC2N)n1. The van der Waals surface area contributed by atoms with E-state index in [1.165, 1.54) is 6.42 Å². The van der Waals surface area contributed by atoms with Gasteiger partial charge in [0, 0.05) is 12.0 Å². The van der Waals surface area contributed by atoms with Crippen LogP contribution < -0.4 is 5.73 Å². The maximum atomic E-state index is 6.00. The van der Waals surface area contributed by atoms with E-state index < -0.39 is 0 Å². The quantitative estimate of drug-likeness (QED) is 0.828. The second kappa shape index (κ2) is 4.31. The summed E-state index contributed by atoms with van der Waals surface area (Å²) in [7, 11) is 0. The summed E-state index contributed by atoms with van der Waals surface area (Å²) in [6, 6.07) is 0.204. The predicted octanol–water partition coefficient (Wildman–Crippen LogP) is 2.18. The zero-order valence-corrected chi connectivity index (χ0v) is 9.44. The molecule has 4 heteroatoms. The van der Waals surface area contributed by atoms with E-state index in [9.17, 15) is 0 Å². The van der Waals surface area contributed by atoms with Crippen molar-refractivity contribution in [1.29, 1.82) is 0 Å².